The molecule has 0 amide bonds. The van der Waals surface area contributed by atoms with Crippen LogP contribution >= 0.6 is 0 Å². The molecule has 2 nitrogen and oxygen atoms in total. The van der Waals surface area contributed by atoms with E-state index in [0.29, 0.717) is 6.04 Å². The predicted molar refractivity (Wildman–Crippen MR) is 66.7 cm³/mol. The van der Waals surface area contributed by atoms with E-state index in [0.717, 1.165) is 11.2 Å². The second kappa shape index (κ2) is 3.34. The van der Waals surface area contributed by atoms with E-state index in [9.17, 15) is 0 Å². The van der Waals surface area contributed by atoms with Gasteiger partial charge < -0.3 is 4.57 Å². The summed E-state index contributed by atoms with van der Waals surface area (Å²) in [6.07, 6.45) is 4.25. The Kier molecular flexibility index (Phi) is 1.96. The quantitative estimate of drug-likeness (QED) is 0.598. The lowest BCUT2D eigenvalue weighted by molar-refractivity contribution is 0.596. The molecule has 2 aliphatic rings. The van der Waals surface area contributed by atoms with Gasteiger partial charge in [-0.25, -0.2) is 4.98 Å². The van der Waals surface area contributed by atoms with Gasteiger partial charge in [0.05, 0.1) is 11.2 Å². The van der Waals surface area contributed by atoms with Crippen LogP contribution in [0.2, 0.25) is 0 Å². The molecular weight excluding hydrogens is 196 g/mol. The number of para-hydroxylation sites is 1. The maximum Gasteiger partial charge on any atom is 0.0878 e. The van der Waals surface area contributed by atoms with Crippen LogP contribution in [-0.4, -0.2) is 9.55 Å². The topological polar surface area (TPSA) is 17.8 Å². The molecule has 0 unspecified atom stereocenters. The molecule has 0 aromatic heterocycles. The van der Waals surface area contributed by atoms with Crippen molar-refractivity contribution in [3.8, 4) is 11.3 Å². The molecule has 0 aliphatic carbocycles. The van der Waals surface area contributed by atoms with Crippen molar-refractivity contribution in [1.29, 1.82) is 0 Å². The van der Waals surface area contributed by atoms with Crippen LogP contribution in [0.15, 0.2) is 42.7 Å². The van der Waals surface area contributed by atoms with Crippen LogP contribution in [0.4, 0.5) is 0 Å². The molecule has 2 heterocycles. The third-order valence-electron chi connectivity index (χ3n) is 2.99. The minimum absolute atomic E-state index is 0.476. The summed E-state index contributed by atoms with van der Waals surface area (Å²) in [5, 5.41) is 1.24. The highest BCUT2D eigenvalue weighted by Gasteiger charge is 2.11. The summed E-state index contributed by atoms with van der Waals surface area (Å²) in [5.41, 5.74) is 3.41. The number of hydrogen-bond acceptors (Lipinski definition) is 1. The monoisotopic (exact) mass is 210 g/mol. The van der Waals surface area contributed by atoms with E-state index in [2.05, 4.69) is 60.1 Å². The van der Waals surface area contributed by atoms with Crippen LogP contribution in [0.1, 0.15) is 19.9 Å². The lowest BCUT2D eigenvalue weighted by Crippen LogP contribution is -2.01. The van der Waals surface area contributed by atoms with Gasteiger partial charge in [-0.05, 0) is 26.0 Å². The van der Waals surface area contributed by atoms with Gasteiger partial charge in [0.25, 0.3) is 0 Å². The first kappa shape index (κ1) is 9.40. The fraction of sp³-hybridized carbons (Fsp3) is 0.214. The zero-order valence-corrected chi connectivity index (χ0v) is 9.51. The van der Waals surface area contributed by atoms with E-state index in [4.69, 9.17) is 0 Å². The third-order valence-corrected chi connectivity index (χ3v) is 2.99. The highest BCUT2D eigenvalue weighted by Crippen LogP contribution is 2.30. The van der Waals surface area contributed by atoms with Crippen molar-refractivity contribution in [2.24, 2.45) is 0 Å². The molecule has 0 saturated carbocycles. The van der Waals surface area contributed by atoms with Crippen LogP contribution in [-0.2, 0) is 0 Å². The maximum atomic E-state index is 4.64. The number of aromatic nitrogens is 2. The van der Waals surface area contributed by atoms with Gasteiger partial charge in [0, 0.05) is 29.4 Å². The van der Waals surface area contributed by atoms with Gasteiger partial charge in [-0.2, -0.15) is 0 Å². The zero-order valence-electron chi connectivity index (χ0n) is 9.51. The van der Waals surface area contributed by atoms with Crippen LogP contribution in [0.25, 0.3) is 22.2 Å². The molecule has 1 aromatic rings. The van der Waals surface area contributed by atoms with E-state index in [1.807, 2.05) is 6.07 Å². The highest BCUT2D eigenvalue weighted by molar-refractivity contribution is 5.96. The summed E-state index contributed by atoms with van der Waals surface area (Å²) in [6, 6.07) is 10.9. The zero-order chi connectivity index (χ0) is 11.1. The highest BCUT2D eigenvalue weighted by atomic mass is 15.0. The minimum Gasteiger partial charge on any atom is -0.350 e. The number of hydrogen-bond donors (Lipinski definition) is 0. The van der Waals surface area contributed by atoms with Crippen molar-refractivity contribution < 1.29 is 0 Å². The average molecular weight is 210 g/mol. The fourth-order valence-corrected chi connectivity index (χ4v) is 2.07. The Labute approximate surface area is 94.9 Å². The molecule has 2 heteroatoms. The number of nitrogens with zero attached hydrogens (tertiary/aromatic N) is 2. The van der Waals surface area contributed by atoms with E-state index < -0.39 is 0 Å². The predicted octanol–water partition coefficient (Wildman–Crippen LogP) is 3.72. The van der Waals surface area contributed by atoms with Gasteiger partial charge in [-0.15, -0.1) is 0 Å². The molecule has 0 atom stereocenters. The van der Waals surface area contributed by atoms with Gasteiger partial charge >= 0.3 is 0 Å². The molecule has 80 valence electrons. The molecule has 3 rings (SSSR count). The number of rotatable bonds is 1. The lowest BCUT2D eigenvalue weighted by Gasteiger charge is -2.11. The van der Waals surface area contributed by atoms with E-state index in [-0.39, 0.29) is 0 Å². The summed E-state index contributed by atoms with van der Waals surface area (Å²) >= 11 is 0. The molecule has 0 N–H and O–H groups in total. The number of fused-ring (bicyclic) bond motifs is 3. The molecule has 16 heavy (non-hydrogen) atoms. The Morgan fingerprint density at radius 1 is 1.12 bits per heavy atom. The summed E-state index contributed by atoms with van der Waals surface area (Å²) in [5.74, 6) is 0. The van der Waals surface area contributed by atoms with E-state index >= 15 is 0 Å². The van der Waals surface area contributed by atoms with Crippen molar-refractivity contribution in [1.82, 2.24) is 9.55 Å². The minimum atomic E-state index is 0.476. The molecule has 2 aliphatic heterocycles. The van der Waals surface area contributed by atoms with Crippen molar-refractivity contribution >= 4 is 10.9 Å². The molecule has 0 bridgehead atoms. The first-order valence-corrected chi connectivity index (χ1v) is 5.61. The Bertz CT molecular complexity index is 607. The fourth-order valence-electron chi connectivity index (χ4n) is 2.07. The number of benzene rings is 1. The molecule has 0 spiro atoms. The molecule has 0 fully saturated rings. The van der Waals surface area contributed by atoms with Crippen molar-refractivity contribution in [2.45, 2.75) is 19.9 Å². The Balaban J connectivity index is 2.32. The normalized spacial score (nSPS) is 11.7. The van der Waals surface area contributed by atoms with Crippen molar-refractivity contribution in [2.75, 3.05) is 0 Å². The van der Waals surface area contributed by atoms with Crippen molar-refractivity contribution in [3.05, 3.63) is 42.7 Å². The van der Waals surface area contributed by atoms with Crippen LogP contribution in [0.3, 0.4) is 0 Å². The second-order valence-corrected chi connectivity index (χ2v) is 4.41. The Hall–Kier alpha value is -1.83. The first-order valence-electron chi connectivity index (χ1n) is 5.61. The second-order valence-electron chi connectivity index (χ2n) is 4.41. The van der Waals surface area contributed by atoms with Gasteiger partial charge in [-0.1, -0.05) is 18.2 Å². The SMILES string of the molecule is CC(C)n1ccc2c3ccccc3nc-2c1. The molecular formula is C14H14N2. The van der Waals surface area contributed by atoms with Gasteiger partial charge in [0.2, 0.25) is 0 Å². The van der Waals surface area contributed by atoms with Crippen molar-refractivity contribution in [3.63, 3.8) is 0 Å². The smallest absolute Gasteiger partial charge is 0.0878 e. The summed E-state index contributed by atoms with van der Waals surface area (Å²) in [4.78, 5) is 4.64. The van der Waals surface area contributed by atoms with Crippen LogP contribution in [0, 0.1) is 0 Å². The number of pyridine rings is 1. The third kappa shape index (κ3) is 1.30. The van der Waals surface area contributed by atoms with Gasteiger partial charge in [0.1, 0.15) is 0 Å². The van der Waals surface area contributed by atoms with Crippen LogP contribution < -0.4 is 0 Å². The summed E-state index contributed by atoms with van der Waals surface area (Å²) in [7, 11) is 0. The van der Waals surface area contributed by atoms with Gasteiger partial charge in [-0.3, -0.25) is 0 Å². The van der Waals surface area contributed by atoms with E-state index in [1.54, 1.807) is 0 Å². The first-order chi connectivity index (χ1) is 7.75. The molecule has 0 saturated heterocycles. The molecule has 0 radical (unpaired) electrons. The van der Waals surface area contributed by atoms with Crippen LogP contribution in [0.5, 0.6) is 0 Å². The largest absolute Gasteiger partial charge is 0.350 e. The average Bonchev–Trinajstić information content (AvgIpc) is 2.66. The van der Waals surface area contributed by atoms with E-state index in [1.165, 1.54) is 10.9 Å². The van der Waals surface area contributed by atoms with Gasteiger partial charge in [0.15, 0.2) is 0 Å². The Morgan fingerprint density at radius 2 is 1.94 bits per heavy atom. The summed E-state index contributed by atoms with van der Waals surface area (Å²) < 4.78 is 2.19. The summed E-state index contributed by atoms with van der Waals surface area (Å²) in [6.45, 7) is 4.35. The Morgan fingerprint density at radius 3 is 2.75 bits per heavy atom. The lowest BCUT2D eigenvalue weighted by atomic mass is 10.1. The molecule has 1 aromatic carbocycles. The standard InChI is InChI=1S/C14H14N2/c1-10(2)16-8-7-12-11-5-3-4-6-13(11)15-14(12)9-16/h3-10H,1-2H3. The maximum absolute atomic E-state index is 4.64.